The van der Waals surface area contributed by atoms with Crippen LogP contribution < -0.4 is 0 Å². The second-order valence-electron chi connectivity index (χ2n) is 5.34. The summed E-state index contributed by atoms with van der Waals surface area (Å²) in [5.41, 5.74) is 4.17. The number of hydrogen-bond acceptors (Lipinski definition) is 0. The second kappa shape index (κ2) is 4.97. The maximum atomic E-state index is 2.33. The first-order chi connectivity index (χ1) is 8.88. The molecule has 2 atom stereocenters. The average molecular weight is 236 g/mol. The highest BCUT2D eigenvalue weighted by Crippen LogP contribution is 2.44. The van der Waals surface area contributed by atoms with Crippen molar-refractivity contribution >= 4 is 0 Å². The molecule has 0 radical (unpaired) electrons. The van der Waals surface area contributed by atoms with E-state index in [4.69, 9.17) is 0 Å². The Bertz CT molecular complexity index is 493. The van der Waals surface area contributed by atoms with Gasteiger partial charge in [-0.2, -0.15) is 0 Å². The van der Waals surface area contributed by atoms with Crippen LogP contribution in [0.25, 0.3) is 11.1 Å². The fourth-order valence-corrected chi connectivity index (χ4v) is 3.05. The summed E-state index contributed by atoms with van der Waals surface area (Å²) in [6, 6.07) is 19.8. The van der Waals surface area contributed by atoms with Crippen LogP contribution >= 0.6 is 0 Å². The van der Waals surface area contributed by atoms with Gasteiger partial charge in [-0.25, -0.2) is 0 Å². The molecule has 1 fully saturated rings. The summed E-state index contributed by atoms with van der Waals surface area (Å²) >= 11 is 0. The van der Waals surface area contributed by atoms with Gasteiger partial charge in [-0.1, -0.05) is 67.9 Å². The molecule has 1 aliphatic rings. The van der Waals surface area contributed by atoms with Crippen LogP contribution in [0.2, 0.25) is 0 Å². The van der Waals surface area contributed by atoms with Gasteiger partial charge in [-0.15, -0.1) is 0 Å². The lowest BCUT2D eigenvalue weighted by Gasteiger charge is -2.36. The summed E-state index contributed by atoms with van der Waals surface area (Å²) < 4.78 is 0. The van der Waals surface area contributed by atoms with Gasteiger partial charge < -0.3 is 0 Å². The molecule has 0 aromatic heterocycles. The lowest BCUT2D eigenvalue weighted by atomic mass is 9.69. The maximum absolute atomic E-state index is 2.33. The van der Waals surface area contributed by atoms with Crippen molar-refractivity contribution in [1.82, 2.24) is 0 Å². The van der Waals surface area contributed by atoms with E-state index in [0.717, 1.165) is 11.8 Å². The molecule has 0 heterocycles. The Hall–Kier alpha value is -1.56. The van der Waals surface area contributed by atoms with Crippen molar-refractivity contribution in [2.45, 2.75) is 32.1 Å². The van der Waals surface area contributed by atoms with Crippen molar-refractivity contribution in [3.63, 3.8) is 0 Å². The third kappa shape index (κ3) is 2.08. The minimum Gasteiger partial charge on any atom is -0.0651 e. The van der Waals surface area contributed by atoms with Crippen molar-refractivity contribution < 1.29 is 0 Å². The molecule has 0 aliphatic heterocycles. The summed E-state index contributed by atoms with van der Waals surface area (Å²) in [5.74, 6) is 1.74. The molecular formula is C18H20. The van der Waals surface area contributed by atoms with E-state index in [1.165, 1.54) is 36.0 Å². The molecule has 0 saturated heterocycles. The van der Waals surface area contributed by atoms with Crippen molar-refractivity contribution in [2.75, 3.05) is 0 Å². The zero-order valence-electron chi connectivity index (χ0n) is 11.0. The van der Waals surface area contributed by atoms with Crippen molar-refractivity contribution in [1.29, 1.82) is 0 Å². The summed E-state index contributed by atoms with van der Waals surface area (Å²) in [7, 11) is 0. The number of hydrogen-bond donors (Lipinski definition) is 0. The Morgan fingerprint density at radius 3 is 2.06 bits per heavy atom. The first kappa shape index (κ1) is 11.5. The van der Waals surface area contributed by atoms with Crippen LogP contribution in [-0.2, 0) is 0 Å². The van der Waals surface area contributed by atoms with Crippen LogP contribution in [0.4, 0.5) is 0 Å². The van der Waals surface area contributed by atoms with Gasteiger partial charge in [0, 0.05) is 0 Å². The van der Waals surface area contributed by atoms with E-state index < -0.39 is 0 Å². The van der Waals surface area contributed by atoms with E-state index in [9.17, 15) is 0 Å². The van der Waals surface area contributed by atoms with Crippen LogP contribution in [-0.4, -0.2) is 0 Å². The Morgan fingerprint density at radius 2 is 1.50 bits per heavy atom. The van der Waals surface area contributed by atoms with E-state index in [-0.39, 0.29) is 0 Å². The summed E-state index contributed by atoms with van der Waals surface area (Å²) in [6.07, 6.45) is 4.12. The zero-order chi connectivity index (χ0) is 12.4. The molecule has 0 bridgehead atoms. The molecular weight excluding hydrogens is 216 g/mol. The fraction of sp³-hybridized carbons (Fsp3) is 0.333. The minimum atomic E-state index is 0.819. The van der Waals surface area contributed by atoms with E-state index in [1.807, 2.05) is 0 Å². The molecule has 0 nitrogen and oxygen atoms in total. The largest absolute Gasteiger partial charge is 0.0651 e. The summed E-state index contributed by atoms with van der Waals surface area (Å²) in [4.78, 5) is 0. The van der Waals surface area contributed by atoms with E-state index in [1.54, 1.807) is 0 Å². The lowest BCUT2D eigenvalue weighted by Crippen LogP contribution is -2.22. The highest BCUT2D eigenvalue weighted by molar-refractivity contribution is 5.63. The van der Waals surface area contributed by atoms with Gasteiger partial charge in [0.15, 0.2) is 0 Å². The minimum absolute atomic E-state index is 0.819. The molecule has 0 amide bonds. The molecule has 0 N–H and O–H groups in total. The second-order valence-corrected chi connectivity index (χ2v) is 5.34. The quantitative estimate of drug-likeness (QED) is 0.682. The molecule has 0 heteroatoms. The summed E-state index contributed by atoms with van der Waals surface area (Å²) in [6.45, 7) is 2.31. The van der Waals surface area contributed by atoms with E-state index >= 15 is 0 Å². The molecule has 1 saturated carbocycles. The molecule has 2 unspecified atom stereocenters. The number of rotatable bonds is 3. The average Bonchev–Trinajstić information content (AvgIpc) is 2.40. The smallest absolute Gasteiger partial charge is 0.0134 e. The topological polar surface area (TPSA) is 0 Å². The predicted molar refractivity (Wildman–Crippen MR) is 77.6 cm³/mol. The molecule has 3 rings (SSSR count). The molecule has 2 aromatic rings. The Balaban J connectivity index is 1.81. The van der Waals surface area contributed by atoms with Gasteiger partial charge in [-0.3, -0.25) is 0 Å². The molecule has 18 heavy (non-hydrogen) atoms. The van der Waals surface area contributed by atoms with Crippen LogP contribution in [0.1, 0.15) is 37.7 Å². The zero-order valence-corrected chi connectivity index (χ0v) is 11.0. The third-order valence-electron chi connectivity index (χ3n) is 4.39. The van der Waals surface area contributed by atoms with Crippen molar-refractivity contribution in [2.24, 2.45) is 5.92 Å². The van der Waals surface area contributed by atoms with Crippen molar-refractivity contribution in [3.05, 3.63) is 60.2 Å². The van der Waals surface area contributed by atoms with E-state index in [2.05, 4.69) is 61.5 Å². The first-order valence-electron chi connectivity index (χ1n) is 7.04. The van der Waals surface area contributed by atoms with Crippen LogP contribution in [0.3, 0.4) is 0 Å². The Morgan fingerprint density at radius 1 is 0.833 bits per heavy atom. The van der Waals surface area contributed by atoms with E-state index in [0.29, 0.717) is 0 Å². The number of benzene rings is 2. The van der Waals surface area contributed by atoms with Crippen LogP contribution in [0.5, 0.6) is 0 Å². The third-order valence-corrected chi connectivity index (χ3v) is 4.39. The maximum Gasteiger partial charge on any atom is -0.0134 e. The van der Waals surface area contributed by atoms with Gasteiger partial charge in [0.05, 0.1) is 0 Å². The Kier molecular flexibility index (Phi) is 3.19. The van der Waals surface area contributed by atoms with Crippen LogP contribution in [0, 0.1) is 5.92 Å². The normalized spacial score (nSPS) is 22.5. The van der Waals surface area contributed by atoms with Gasteiger partial charge in [0.25, 0.3) is 0 Å². The van der Waals surface area contributed by atoms with Gasteiger partial charge in [0.1, 0.15) is 0 Å². The van der Waals surface area contributed by atoms with Gasteiger partial charge >= 0.3 is 0 Å². The van der Waals surface area contributed by atoms with Gasteiger partial charge in [-0.05, 0) is 41.4 Å². The summed E-state index contributed by atoms with van der Waals surface area (Å²) in [5, 5.41) is 0. The van der Waals surface area contributed by atoms with Crippen molar-refractivity contribution in [3.8, 4) is 11.1 Å². The highest BCUT2D eigenvalue weighted by Gasteiger charge is 2.30. The standard InChI is InChI=1S/C18H20/c1-2-14-12-13-18(14)17-10-8-16(9-11-17)15-6-4-3-5-7-15/h3-11,14,18H,2,12-13H2,1H3. The predicted octanol–water partition coefficient (Wildman–Crippen LogP) is 5.26. The van der Waals surface area contributed by atoms with Crippen LogP contribution in [0.15, 0.2) is 54.6 Å². The van der Waals surface area contributed by atoms with Gasteiger partial charge in [0.2, 0.25) is 0 Å². The molecule has 2 aromatic carbocycles. The fourth-order valence-electron chi connectivity index (χ4n) is 3.05. The highest BCUT2D eigenvalue weighted by atomic mass is 14.3. The lowest BCUT2D eigenvalue weighted by molar-refractivity contribution is 0.247. The monoisotopic (exact) mass is 236 g/mol. The molecule has 1 aliphatic carbocycles. The SMILES string of the molecule is CCC1CCC1c1ccc(-c2ccccc2)cc1. The Labute approximate surface area is 110 Å². The molecule has 92 valence electrons. The molecule has 0 spiro atoms. The first-order valence-corrected chi connectivity index (χ1v) is 7.04.